The van der Waals surface area contributed by atoms with Crippen molar-refractivity contribution >= 4 is 27.0 Å². The molecule has 2 heterocycles. The number of nitrogens with one attached hydrogen (secondary N) is 2. The van der Waals surface area contributed by atoms with Crippen molar-refractivity contribution in [3.8, 4) is 40.0 Å². The molecule has 3 aromatic carbocycles. The normalized spacial score (nSPS) is 11.1. The van der Waals surface area contributed by atoms with Gasteiger partial charge in [0.1, 0.15) is 11.5 Å². The van der Waals surface area contributed by atoms with E-state index in [1.54, 1.807) is 14.2 Å². The largest absolute Gasteiger partial charge is 0.500 e. The fourth-order valence-electron chi connectivity index (χ4n) is 3.84. The van der Waals surface area contributed by atoms with E-state index in [9.17, 15) is 5.11 Å². The van der Waals surface area contributed by atoms with Crippen LogP contribution in [0.5, 0.6) is 17.2 Å². The van der Waals surface area contributed by atoms with E-state index in [1.165, 1.54) is 0 Å². The summed E-state index contributed by atoms with van der Waals surface area (Å²) in [6.07, 6.45) is 0. The summed E-state index contributed by atoms with van der Waals surface area (Å²) < 4.78 is 13.4. The number of fused-ring (bicyclic) bond motifs is 1. The molecule has 5 aromatic rings. The number of halogens is 1. The summed E-state index contributed by atoms with van der Waals surface area (Å²) in [7, 11) is 3.27. The molecule has 0 aliphatic rings. The monoisotopic (exact) mass is 505 g/mol. The van der Waals surface area contributed by atoms with E-state index < -0.39 is 0 Å². The first-order valence-electron chi connectivity index (χ1n) is 10.3. The van der Waals surface area contributed by atoms with Crippen LogP contribution in [0.2, 0.25) is 0 Å². The minimum atomic E-state index is 0.118. The van der Waals surface area contributed by atoms with Crippen LogP contribution in [0.4, 0.5) is 0 Å². The van der Waals surface area contributed by atoms with E-state index in [-0.39, 0.29) is 5.75 Å². The van der Waals surface area contributed by atoms with Crippen molar-refractivity contribution in [2.45, 2.75) is 6.54 Å². The molecule has 0 aliphatic carbocycles. The topological polar surface area (TPSA) is 87.0 Å². The number of rotatable bonds is 6. The Balaban J connectivity index is 1.65. The number of ether oxygens (including phenoxy) is 2. The summed E-state index contributed by atoms with van der Waals surface area (Å²) >= 11 is 3.51. The van der Waals surface area contributed by atoms with Gasteiger partial charge in [0.2, 0.25) is 11.6 Å². The van der Waals surface area contributed by atoms with Gasteiger partial charge < -0.3 is 19.6 Å². The van der Waals surface area contributed by atoms with Gasteiger partial charge in [0, 0.05) is 21.7 Å². The molecule has 0 saturated carbocycles. The lowest BCUT2D eigenvalue weighted by Crippen LogP contribution is -2.38. The van der Waals surface area contributed by atoms with E-state index in [1.807, 2.05) is 71.4 Å². The first-order chi connectivity index (χ1) is 16.1. The molecule has 0 saturated heterocycles. The Labute approximate surface area is 198 Å². The number of H-pyrrole nitrogens is 2. The van der Waals surface area contributed by atoms with E-state index in [2.05, 4.69) is 26.0 Å². The molecule has 166 valence electrons. The number of hydrogen-bond acceptors (Lipinski definition) is 4. The van der Waals surface area contributed by atoms with Gasteiger partial charge in [0.05, 0.1) is 25.3 Å². The molecule has 5 rings (SSSR count). The van der Waals surface area contributed by atoms with Gasteiger partial charge in [-0.2, -0.15) is 5.10 Å². The Morgan fingerprint density at radius 1 is 0.970 bits per heavy atom. The number of aromatic nitrogens is 4. The minimum Gasteiger partial charge on any atom is -0.500 e. The predicted molar refractivity (Wildman–Crippen MR) is 130 cm³/mol. The highest BCUT2D eigenvalue weighted by Crippen LogP contribution is 2.36. The number of aromatic hydroxyl groups is 1. The molecule has 0 spiro atoms. The fraction of sp³-hybridized carbons (Fsp3) is 0.120. The summed E-state index contributed by atoms with van der Waals surface area (Å²) in [5, 5.41) is 14.7. The molecule has 0 aliphatic heterocycles. The molecule has 0 fully saturated rings. The van der Waals surface area contributed by atoms with E-state index in [0.717, 1.165) is 38.1 Å². The molecule has 2 aromatic heterocycles. The van der Waals surface area contributed by atoms with E-state index in [0.29, 0.717) is 23.8 Å². The smallest absolute Gasteiger partial charge is 0.316 e. The number of nitrogens with zero attached hydrogens (tertiary/aromatic N) is 2. The average molecular weight is 506 g/mol. The SMILES string of the molecule is COc1ccc(C[n+]2[nH]c(-c3cccc(Br)c3)c(O)c2-c2nc3ccc(OC)cc3[nH]2)cc1. The van der Waals surface area contributed by atoms with Crippen molar-refractivity contribution in [2.75, 3.05) is 14.2 Å². The van der Waals surface area contributed by atoms with Crippen molar-refractivity contribution in [3.05, 3.63) is 76.8 Å². The van der Waals surface area contributed by atoms with Crippen LogP contribution in [0.3, 0.4) is 0 Å². The van der Waals surface area contributed by atoms with Crippen LogP contribution < -0.4 is 14.2 Å². The van der Waals surface area contributed by atoms with E-state index in [4.69, 9.17) is 14.5 Å². The van der Waals surface area contributed by atoms with Gasteiger partial charge in [-0.1, -0.05) is 32.7 Å². The van der Waals surface area contributed by atoms with Gasteiger partial charge >= 0.3 is 5.69 Å². The maximum Gasteiger partial charge on any atom is 0.316 e. The summed E-state index contributed by atoms with van der Waals surface area (Å²) in [5.41, 5.74) is 4.68. The van der Waals surface area contributed by atoms with Crippen LogP contribution in [-0.4, -0.2) is 34.4 Å². The summed E-state index contributed by atoms with van der Waals surface area (Å²) in [4.78, 5) is 8.06. The van der Waals surface area contributed by atoms with Crippen molar-refractivity contribution < 1.29 is 19.3 Å². The lowest BCUT2D eigenvalue weighted by Gasteiger charge is -2.01. The average Bonchev–Trinajstić information content (AvgIpc) is 3.39. The van der Waals surface area contributed by atoms with Gasteiger partial charge in [-0.25, -0.2) is 4.98 Å². The first-order valence-corrected chi connectivity index (χ1v) is 11.1. The van der Waals surface area contributed by atoms with Crippen molar-refractivity contribution in [2.24, 2.45) is 0 Å². The van der Waals surface area contributed by atoms with Crippen LogP contribution >= 0.6 is 15.9 Å². The highest BCUT2D eigenvalue weighted by atomic mass is 79.9. The first kappa shape index (κ1) is 21.1. The van der Waals surface area contributed by atoms with Crippen LogP contribution in [0, 0.1) is 0 Å². The number of aromatic amines is 2. The van der Waals surface area contributed by atoms with Crippen LogP contribution in [0.25, 0.3) is 33.8 Å². The lowest BCUT2D eigenvalue weighted by molar-refractivity contribution is -0.731. The molecule has 0 atom stereocenters. The molecule has 8 heteroatoms. The molecule has 33 heavy (non-hydrogen) atoms. The van der Waals surface area contributed by atoms with Crippen molar-refractivity contribution in [1.29, 1.82) is 0 Å². The third-order valence-electron chi connectivity index (χ3n) is 5.50. The Bertz CT molecular complexity index is 1440. The minimum absolute atomic E-state index is 0.118. The molecule has 0 radical (unpaired) electrons. The second-order valence-corrected chi connectivity index (χ2v) is 8.51. The molecular formula is C25H22BrN4O3+. The Morgan fingerprint density at radius 3 is 2.45 bits per heavy atom. The van der Waals surface area contributed by atoms with Gasteiger partial charge in [-0.15, -0.1) is 0 Å². The lowest BCUT2D eigenvalue weighted by atomic mass is 10.1. The second kappa shape index (κ2) is 8.63. The zero-order valence-electron chi connectivity index (χ0n) is 18.1. The molecule has 0 bridgehead atoms. The molecule has 0 unspecified atom stereocenters. The number of imidazole rings is 1. The quantitative estimate of drug-likeness (QED) is 0.282. The van der Waals surface area contributed by atoms with Gasteiger partial charge in [-0.05, 0) is 48.5 Å². The van der Waals surface area contributed by atoms with Crippen molar-refractivity contribution in [1.82, 2.24) is 15.1 Å². The summed E-state index contributed by atoms with van der Waals surface area (Å²) in [6.45, 7) is 0.501. The molecule has 0 amide bonds. The maximum atomic E-state index is 11.3. The Morgan fingerprint density at radius 2 is 1.73 bits per heavy atom. The highest BCUT2D eigenvalue weighted by Gasteiger charge is 2.30. The van der Waals surface area contributed by atoms with Crippen LogP contribution in [0.15, 0.2) is 71.2 Å². The van der Waals surface area contributed by atoms with Gasteiger partial charge in [0.15, 0.2) is 12.2 Å². The highest BCUT2D eigenvalue weighted by molar-refractivity contribution is 9.10. The molecule has 3 N–H and O–H groups in total. The zero-order valence-corrected chi connectivity index (χ0v) is 19.7. The van der Waals surface area contributed by atoms with E-state index >= 15 is 0 Å². The van der Waals surface area contributed by atoms with Gasteiger partial charge in [-0.3, -0.25) is 0 Å². The third kappa shape index (κ3) is 4.05. The number of hydrogen-bond donors (Lipinski definition) is 3. The second-order valence-electron chi connectivity index (χ2n) is 7.60. The maximum absolute atomic E-state index is 11.3. The Hall–Kier alpha value is -3.78. The standard InChI is InChI=1S/C25H21BrN4O3/c1-32-18-8-6-15(7-9-18)14-30-23(24(31)22(29-30)16-4-3-5-17(26)12-16)25-27-20-11-10-19(33-2)13-21(20)28-25/h3-13H,14H2,1-2H3,(H2,27,28,29,31)/p+1. The fourth-order valence-corrected chi connectivity index (χ4v) is 4.23. The van der Waals surface area contributed by atoms with Crippen LogP contribution in [0.1, 0.15) is 5.56 Å². The molecule has 7 nitrogen and oxygen atoms in total. The predicted octanol–water partition coefficient (Wildman–Crippen LogP) is 5.05. The number of benzene rings is 3. The third-order valence-corrected chi connectivity index (χ3v) is 6.00. The zero-order chi connectivity index (χ0) is 22.9. The summed E-state index contributed by atoms with van der Waals surface area (Å²) in [6, 6.07) is 21.2. The van der Waals surface area contributed by atoms with Crippen molar-refractivity contribution in [3.63, 3.8) is 0 Å². The van der Waals surface area contributed by atoms with Crippen LogP contribution in [-0.2, 0) is 6.54 Å². The molecular weight excluding hydrogens is 484 g/mol. The summed E-state index contributed by atoms with van der Waals surface area (Å²) in [5.74, 6) is 2.20. The van der Waals surface area contributed by atoms with Gasteiger partial charge in [0.25, 0.3) is 0 Å². The number of methoxy groups -OCH3 is 2. The Kier molecular flexibility index (Phi) is 5.51.